The van der Waals surface area contributed by atoms with Gasteiger partial charge in [-0.25, -0.2) is 4.39 Å². The Balaban J connectivity index is 3.12. The van der Waals surface area contributed by atoms with Gasteiger partial charge in [0.05, 0.1) is 19.1 Å². The summed E-state index contributed by atoms with van der Waals surface area (Å²) in [6.07, 6.45) is 0.00255. The van der Waals surface area contributed by atoms with Crippen LogP contribution in [0.4, 0.5) is 4.39 Å². The largest absolute Gasteiger partial charge is 0.392 e. The fourth-order valence-electron chi connectivity index (χ4n) is 1.03. The second kappa shape index (κ2) is 3.84. The van der Waals surface area contributed by atoms with Gasteiger partial charge in [0.1, 0.15) is 5.82 Å². The average Bonchev–Trinajstić information content (AvgIpc) is 2.09. The van der Waals surface area contributed by atoms with Crippen LogP contribution >= 0.6 is 0 Å². The monoisotopic (exact) mass is 165 g/mol. The zero-order valence-electron chi connectivity index (χ0n) is 6.42. The molecule has 0 aliphatic rings. The molecule has 3 heteroatoms. The van der Waals surface area contributed by atoms with Crippen molar-refractivity contribution in [3.8, 4) is 6.07 Å². The summed E-state index contributed by atoms with van der Waals surface area (Å²) in [5.41, 5.74) is 0.777. The molecule has 0 saturated heterocycles. The third-order valence-corrected chi connectivity index (χ3v) is 1.64. The minimum absolute atomic E-state index is 0.00255. The summed E-state index contributed by atoms with van der Waals surface area (Å²) in [6.45, 7) is -0.227. The van der Waals surface area contributed by atoms with Gasteiger partial charge in [-0.05, 0) is 11.6 Å². The van der Waals surface area contributed by atoms with Gasteiger partial charge in [-0.1, -0.05) is 12.1 Å². The zero-order chi connectivity index (χ0) is 8.97. The summed E-state index contributed by atoms with van der Waals surface area (Å²) in [5, 5.41) is 17.2. The van der Waals surface area contributed by atoms with E-state index in [1.54, 1.807) is 6.07 Å². The van der Waals surface area contributed by atoms with Crippen molar-refractivity contribution in [3.05, 3.63) is 35.1 Å². The molecule has 0 bridgehead atoms. The fraction of sp³-hybridized carbons (Fsp3) is 0.222. The van der Waals surface area contributed by atoms with E-state index in [2.05, 4.69) is 0 Å². The molecule has 0 atom stereocenters. The van der Waals surface area contributed by atoms with E-state index in [0.717, 1.165) is 0 Å². The molecule has 62 valence electrons. The average molecular weight is 165 g/mol. The quantitative estimate of drug-likeness (QED) is 0.719. The van der Waals surface area contributed by atoms with Crippen LogP contribution in [0.3, 0.4) is 0 Å². The van der Waals surface area contributed by atoms with Crippen molar-refractivity contribution in [2.75, 3.05) is 0 Å². The highest BCUT2D eigenvalue weighted by atomic mass is 19.1. The molecule has 1 aromatic rings. The first-order chi connectivity index (χ1) is 5.79. The van der Waals surface area contributed by atoms with Crippen LogP contribution in [0, 0.1) is 17.1 Å². The van der Waals surface area contributed by atoms with E-state index in [-0.39, 0.29) is 13.0 Å². The van der Waals surface area contributed by atoms with Gasteiger partial charge in [-0.15, -0.1) is 0 Å². The molecule has 1 rings (SSSR count). The molecule has 12 heavy (non-hydrogen) atoms. The smallest absolute Gasteiger partial charge is 0.127 e. The molecule has 1 N–H and O–H groups in total. The second-order valence-corrected chi connectivity index (χ2v) is 2.37. The third kappa shape index (κ3) is 1.60. The zero-order valence-corrected chi connectivity index (χ0v) is 6.42. The standard InChI is InChI=1S/C9H8FNO/c10-9-3-1-2-7(6-12)8(9)4-5-11/h1-3,12H,4,6H2. The van der Waals surface area contributed by atoms with Gasteiger partial charge in [0.25, 0.3) is 0 Å². The van der Waals surface area contributed by atoms with E-state index in [1.165, 1.54) is 12.1 Å². The van der Waals surface area contributed by atoms with Gasteiger partial charge < -0.3 is 5.11 Å². The van der Waals surface area contributed by atoms with Crippen molar-refractivity contribution in [1.29, 1.82) is 5.26 Å². The molecule has 0 aliphatic heterocycles. The molecule has 0 fully saturated rings. The highest BCUT2D eigenvalue weighted by Crippen LogP contribution is 2.13. The molecule has 1 aromatic carbocycles. The molecule has 0 saturated carbocycles. The van der Waals surface area contributed by atoms with Crippen LogP contribution in [-0.2, 0) is 13.0 Å². The van der Waals surface area contributed by atoms with Crippen LogP contribution in [-0.4, -0.2) is 5.11 Å². The fourth-order valence-corrected chi connectivity index (χ4v) is 1.03. The summed E-state index contributed by atoms with van der Waals surface area (Å²) in [5.74, 6) is -0.428. The van der Waals surface area contributed by atoms with Crippen LogP contribution in [0.15, 0.2) is 18.2 Å². The SMILES string of the molecule is N#CCc1c(F)cccc1CO. The minimum Gasteiger partial charge on any atom is -0.392 e. The van der Waals surface area contributed by atoms with E-state index in [1.807, 2.05) is 6.07 Å². The maximum Gasteiger partial charge on any atom is 0.127 e. The summed E-state index contributed by atoms with van der Waals surface area (Å²) in [4.78, 5) is 0. The second-order valence-electron chi connectivity index (χ2n) is 2.37. The Kier molecular flexibility index (Phi) is 2.78. The highest BCUT2D eigenvalue weighted by molar-refractivity contribution is 5.30. The molecular formula is C9H8FNO. The maximum atomic E-state index is 13.0. The van der Waals surface area contributed by atoms with Crippen LogP contribution < -0.4 is 0 Å². The normalized spacial score (nSPS) is 9.42. The predicted molar refractivity (Wildman–Crippen MR) is 41.6 cm³/mol. The van der Waals surface area contributed by atoms with Gasteiger partial charge in [0.2, 0.25) is 0 Å². The van der Waals surface area contributed by atoms with Crippen molar-refractivity contribution in [2.45, 2.75) is 13.0 Å². The first kappa shape index (κ1) is 8.69. The van der Waals surface area contributed by atoms with Gasteiger partial charge in [0.15, 0.2) is 0 Å². The van der Waals surface area contributed by atoms with Crippen molar-refractivity contribution < 1.29 is 9.50 Å². The van der Waals surface area contributed by atoms with Gasteiger partial charge >= 0.3 is 0 Å². The first-order valence-corrected chi connectivity index (χ1v) is 3.53. The van der Waals surface area contributed by atoms with E-state index in [9.17, 15) is 4.39 Å². The molecule has 0 heterocycles. The van der Waals surface area contributed by atoms with Gasteiger partial charge in [-0.3, -0.25) is 0 Å². The van der Waals surface area contributed by atoms with Crippen molar-refractivity contribution >= 4 is 0 Å². The Hall–Kier alpha value is -1.40. The maximum absolute atomic E-state index is 13.0. The molecule has 0 aliphatic carbocycles. The van der Waals surface area contributed by atoms with Crippen LogP contribution in [0.25, 0.3) is 0 Å². The van der Waals surface area contributed by atoms with Crippen LogP contribution in [0.1, 0.15) is 11.1 Å². The Labute approximate surface area is 69.9 Å². The number of nitriles is 1. The van der Waals surface area contributed by atoms with Gasteiger partial charge in [-0.2, -0.15) is 5.26 Å². The molecule has 0 unspecified atom stereocenters. The molecule has 0 aromatic heterocycles. The molecule has 0 radical (unpaired) electrons. The lowest BCUT2D eigenvalue weighted by atomic mass is 10.1. The first-order valence-electron chi connectivity index (χ1n) is 3.53. The number of rotatable bonds is 2. The van der Waals surface area contributed by atoms with Gasteiger partial charge in [0, 0.05) is 5.56 Å². The summed E-state index contributed by atoms with van der Waals surface area (Å²) >= 11 is 0. The Morgan fingerprint density at radius 1 is 1.50 bits per heavy atom. The van der Waals surface area contributed by atoms with Crippen molar-refractivity contribution in [1.82, 2.24) is 0 Å². The van der Waals surface area contributed by atoms with E-state index < -0.39 is 5.82 Å². The van der Waals surface area contributed by atoms with Crippen molar-refractivity contribution in [2.24, 2.45) is 0 Å². The number of aliphatic hydroxyl groups excluding tert-OH is 1. The van der Waals surface area contributed by atoms with Crippen LogP contribution in [0.2, 0.25) is 0 Å². The van der Waals surface area contributed by atoms with Crippen molar-refractivity contribution in [3.63, 3.8) is 0 Å². The Morgan fingerprint density at radius 3 is 2.83 bits per heavy atom. The molecule has 2 nitrogen and oxygen atoms in total. The summed E-state index contributed by atoms with van der Waals surface area (Å²) in [7, 11) is 0. The molecular weight excluding hydrogens is 157 g/mol. The molecule has 0 amide bonds. The number of aliphatic hydroxyl groups is 1. The van der Waals surface area contributed by atoms with E-state index in [0.29, 0.717) is 11.1 Å². The van der Waals surface area contributed by atoms with E-state index >= 15 is 0 Å². The number of nitrogens with zero attached hydrogens (tertiary/aromatic N) is 1. The summed E-state index contributed by atoms with van der Waals surface area (Å²) < 4.78 is 13.0. The lowest BCUT2D eigenvalue weighted by Gasteiger charge is -2.03. The number of hydrogen-bond acceptors (Lipinski definition) is 2. The lowest BCUT2D eigenvalue weighted by Crippen LogP contribution is -1.96. The number of halogens is 1. The minimum atomic E-state index is -0.428. The number of hydrogen-bond donors (Lipinski definition) is 1. The number of benzene rings is 1. The lowest BCUT2D eigenvalue weighted by molar-refractivity contribution is 0.280. The summed E-state index contributed by atoms with van der Waals surface area (Å²) in [6, 6.07) is 6.25. The Bertz CT molecular complexity index is 317. The van der Waals surface area contributed by atoms with Crippen LogP contribution in [0.5, 0.6) is 0 Å². The van der Waals surface area contributed by atoms with E-state index in [4.69, 9.17) is 10.4 Å². The topological polar surface area (TPSA) is 44.0 Å². The molecule has 0 spiro atoms. The Morgan fingerprint density at radius 2 is 2.25 bits per heavy atom. The highest BCUT2D eigenvalue weighted by Gasteiger charge is 2.05. The third-order valence-electron chi connectivity index (χ3n) is 1.64. The predicted octanol–water partition coefficient (Wildman–Crippen LogP) is 1.38.